The van der Waals surface area contributed by atoms with Gasteiger partial charge in [-0.05, 0) is 31.7 Å². The number of aliphatic imine (C=N–C) groups is 1. The molecule has 1 aromatic carbocycles. The number of benzene rings is 1. The summed E-state index contributed by atoms with van der Waals surface area (Å²) in [6.45, 7) is 8.46. The van der Waals surface area contributed by atoms with Crippen LogP contribution in [0, 0.1) is 0 Å². The Balaban J connectivity index is 3.33. The van der Waals surface area contributed by atoms with E-state index in [4.69, 9.17) is 9.47 Å². The Morgan fingerprint density at radius 3 is 2.16 bits per heavy atom. The van der Waals surface area contributed by atoms with E-state index in [1.165, 1.54) is 6.92 Å². The molecule has 1 N–H and O–H groups in total. The number of amides is 1. The standard InChI is InChI=1S/C18H24N2O5/c1-5-24-16(22)18(20-13(3)21,17(23)25-6-2)11-14-8-7-9-15(10-14)12-19-4/h7-10H,4-6,11-12H2,1-3H3,(H,20,21). The SMILES string of the molecule is C=NCc1cccc(CC(NC(C)=O)(C(=O)OCC)C(=O)OCC)c1. The van der Waals surface area contributed by atoms with Crippen LogP contribution in [0.4, 0.5) is 0 Å². The Kier molecular flexibility index (Phi) is 7.78. The largest absolute Gasteiger partial charge is 0.464 e. The molecule has 1 amide bonds. The van der Waals surface area contributed by atoms with Crippen LogP contribution in [0.1, 0.15) is 31.9 Å². The highest BCUT2D eigenvalue weighted by atomic mass is 16.6. The van der Waals surface area contributed by atoms with Crippen LogP contribution in [0.15, 0.2) is 29.3 Å². The second-order valence-electron chi connectivity index (χ2n) is 5.41. The lowest BCUT2D eigenvalue weighted by molar-refractivity contribution is -0.168. The summed E-state index contributed by atoms with van der Waals surface area (Å²) in [6, 6.07) is 7.18. The number of rotatable bonds is 9. The van der Waals surface area contributed by atoms with E-state index in [0.29, 0.717) is 12.1 Å². The first-order chi connectivity index (χ1) is 11.9. The fourth-order valence-corrected chi connectivity index (χ4v) is 2.46. The maximum Gasteiger partial charge on any atom is 0.344 e. The van der Waals surface area contributed by atoms with Crippen molar-refractivity contribution in [2.75, 3.05) is 13.2 Å². The van der Waals surface area contributed by atoms with Gasteiger partial charge in [-0.2, -0.15) is 0 Å². The predicted molar refractivity (Wildman–Crippen MR) is 93.2 cm³/mol. The number of ether oxygens (including phenoxy) is 2. The van der Waals surface area contributed by atoms with Crippen LogP contribution in [0.25, 0.3) is 0 Å². The van der Waals surface area contributed by atoms with Crippen molar-refractivity contribution in [2.45, 2.75) is 39.3 Å². The fourth-order valence-electron chi connectivity index (χ4n) is 2.46. The van der Waals surface area contributed by atoms with E-state index in [1.807, 2.05) is 6.07 Å². The molecule has 25 heavy (non-hydrogen) atoms. The van der Waals surface area contributed by atoms with Crippen LogP contribution in [0.5, 0.6) is 0 Å². The number of carbonyl (C=O) groups is 3. The summed E-state index contributed by atoms with van der Waals surface area (Å²) >= 11 is 0. The highest BCUT2D eigenvalue weighted by Crippen LogP contribution is 2.20. The molecule has 136 valence electrons. The van der Waals surface area contributed by atoms with Crippen molar-refractivity contribution < 1.29 is 23.9 Å². The van der Waals surface area contributed by atoms with E-state index in [1.54, 1.807) is 32.0 Å². The zero-order chi connectivity index (χ0) is 18.9. The van der Waals surface area contributed by atoms with Crippen LogP contribution < -0.4 is 5.32 Å². The maximum absolute atomic E-state index is 12.6. The molecule has 0 atom stereocenters. The molecule has 0 aliphatic carbocycles. The van der Waals surface area contributed by atoms with Crippen molar-refractivity contribution in [3.05, 3.63) is 35.4 Å². The van der Waals surface area contributed by atoms with Crippen molar-refractivity contribution >= 4 is 24.6 Å². The zero-order valence-corrected chi connectivity index (χ0v) is 14.8. The number of hydrogen-bond donors (Lipinski definition) is 1. The number of hydrogen-bond acceptors (Lipinski definition) is 6. The van der Waals surface area contributed by atoms with Crippen molar-refractivity contribution in [3.63, 3.8) is 0 Å². The third kappa shape index (κ3) is 5.41. The van der Waals surface area contributed by atoms with Gasteiger partial charge in [0.05, 0.1) is 19.8 Å². The second kappa shape index (κ2) is 9.56. The first kappa shape index (κ1) is 20.3. The van der Waals surface area contributed by atoms with Crippen LogP contribution in [-0.4, -0.2) is 43.3 Å². The molecule has 0 aliphatic heterocycles. The van der Waals surface area contributed by atoms with Crippen LogP contribution >= 0.6 is 0 Å². The van der Waals surface area contributed by atoms with E-state index >= 15 is 0 Å². The van der Waals surface area contributed by atoms with Gasteiger partial charge in [0.1, 0.15) is 0 Å². The van der Waals surface area contributed by atoms with Gasteiger partial charge in [-0.15, -0.1) is 0 Å². The molecule has 0 aromatic heterocycles. The summed E-state index contributed by atoms with van der Waals surface area (Å²) in [4.78, 5) is 40.6. The summed E-state index contributed by atoms with van der Waals surface area (Å²) in [6.07, 6.45) is -0.0881. The molecule has 0 radical (unpaired) electrons. The number of nitrogens with zero attached hydrogens (tertiary/aromatic N) is 1. The predicted octanol–water partition coefficient (Wildman–Crippen LogP) is 1.43. The normalized spacial score (nSPS) is 10.7. The van der Waals surface area contributed by atoms with Gasteiger partial charge in [-0.1, -0.05) is 24.3 Å². The van der Waals surface area contributed by atoms with Gasteiger partial charge in [-0.3, -0.25) is 9.79 Å². The van der Waals surface area contributed by atoms with Crippen LogP contribution in [0.2, 0.25) is 0 Å². The van der Waals surface area contributed by atoms with Gasteiger partial charge in [0.25, 0.3) is 0 Å². The summed E-state index contributed by atoms with van der Waals surface area (Å²) in [5, 5.41) is 2.44. The average Bonchev–Trinajstić information content (AvgIpc) is 2.54. The van der Waals surface area contributed by atoms with E-state index < -0.39 is 23.4 Å². The number of carbonyl (C=O) groups excluding carboxylic acids is 3. The van der Waals surface area contributed by atoms with E-state index in [9.17, 15) is 14.4 Å². The third-order valence-electron chi connectivity index (χ3n) is 3.39. The molecule has 1 aromatic rings. The molecule has 0 spiro atoms. The van der Waals surface area contributed by atoms with Crippen LogP contribution in [0.3, 0.4) is 0 Å². The fraction of sp³-hybridized carbons (Fsp3) is 0.444. The molecule has 7 heteroatoms. The Labute approximate surface area is 147 Å². The molecule has 0 saturated heterocycles. The van der Waals surface area contributed by atoms with Gasteiger partial charge >= 0.3 is 11.9 Å². The Hall–Kier alpha value is -2.70. The highest BCUT2D eigenvalue weighted by Gasteiger charge is 2.50. The van der Waals surface area contributed by atoms with Crippen molar-refractivity contribution in [3.8, 4) is 0 Å². The van der Waals surface area contributed by atoms with Crippen molar-refractivity contribution in [1.82, 2.24) is 5.32 Å². The summed E-state index contributed by atoms with van der Waals surface area (Å²) in [5.74, 6) is -2.24. The molecular weight excluding hydrogens is 324 g/mol. The lowest BCUT2D eigenvalue weighted by Gasteiger charge is -2.29. The smallest absolute Gasteiger partial charge is 0.344 e. The molecule has 0 saturated carbocycles. The second-order valence-corrected chi connectivity index (χ2v) is 5.41. The lowest BCUT2D eigenvalue weighted by Crippen LogP contribution is -2.62. The topological polar surface area (TPSA) is 94.1 Å². The van der Waals surface area contributed by atoms with E-state index in [2.05, 4.69) is 17.0 Å². The van der Waals surface area contributed by atoms with Gasteiger partial charge in [0, 0.05) is 13.3 Å². The van der Waals surface area contributed by atoms with E-state index in [0.717, 1.165) is 5.56 Å². The monoisotopic (exact) mass is 348 g/mol. The summed E-state index contributed by atoms with van der Waals surface area (Å²) < 4.78 is 10.1. The minimum absolute atomic E-state index is 0.0694. The molecule has 0 aliphatic rings. The number of esters is 2. The molecule has 7 nitrogen and oxygen atoms in total. The highest BCUT2D eigenvalue weighted by molar-refractivity contribution is 6.08. The molecule has 0 bridgehead atoms. The zero-order valence-electron chi connectivity index (χ0n) is 14.8. The van der Waals surface area contributed by atoms with Gasteiger partial charge in [0.2, 0.25) is 11.4 Å². The summed E-state index contributed by atoms with van der Waals surface area (Å²) in [5.41, 5.74) is -0.397. The molecular formula is C18H24N2O5. The number of nitrogens with one attached hydrogen (secondary N) is 1. The maximum atomic E-state index is 12.6. The Morgan fingerprint density at radius 2 is 1.68 bits per heavy atom. The minimum atomic E-state index is -1.93. The van der Waals surface area contributed by atoms with Crippen LogP contribution in [-0.2, 0) is 36.8 Å². The Bertz CT molecular complexity index is 624. The first-order valence-electron chi connectivity index (χ1n) is 8.03. The molecule has 0 unspecified atom stereocenters. The average molecular weight is 348 g/mol. The first-order valence-corrected chi connectivity index (χ1v) is 8.03. The van der Waals surface area contributed by atoms with E-state index in [-0.39, 0.29) is 19.6 Å². The quantitative estimate of drug-likeness (QED) is 0.414. The van der Waals surface area contributed by atoms with Crippen molar-refractivity contribution in [2.24, 2.45) is 4.99 Å². The van der Waals surface area contributed by atoms with Gasteiger partial charge in [0.15, 0.2) is 0 Å². The lowest BCUT2D eigenvalue weighted by atomic mass is 9.89. The molecule has 1 rings (SSSR count). The minimum Gasteiger partial charge on any atom is -0.464 e. The van der Waals surface area contributed by atoms with Gasteiger partial charge < -0.3 is 14.8 Å². The third-order valence-corrected chi connectivity index (χ3v) is 3.39. The van der Waals surface area contributed by atoms with Crippen molar-refractivity contribution in [1.29, 1.82) is 0 Å². The van der Waals surface area contributed by atoms with Gasteiger partial charge in [-0.25, -0.2) is 9.59 Å². The molecule has 0 fully saturated rings. The molecule has 0 heterocycles. The Morgan fingerprint density at radius 1 is 1.12 bits per heavy atom. The summed E-state index contributed by atoms with van der Waals surface area (Å²) in [7, 11) is 0.